The summed E-state index contributed by atoms with van der Waals surface area (Å²) >= 11 is 0. The Bertz CT molecular complexity index is 490. The Morgan fingerprint density at radius 1 is 0.654 bits per heavy atom. The monoisotopic (exact) mass is 356 g/mol. The number of allylic oxidation sites excluding steroid dienone is 12. The van der Waals surface area contributed by atoms with Crippen LogP contribution in [0.5, 0.6) is 0 Å². The van der Waals surface area contributed by atoms with Gasteiger partial charge in [-0.15, -0.1) is 0 Å². The molecule has 0 aliphatic carbocycles. The van der Waals surface area contributed by atoms with Crippen LogP contribution in [0, 0.1) is 0 Å². The van der Waals surface area contributed by atoms with Crippen LogP contribution in [0.2, 0.25) is 0 Å². The van der Waals surface area contributed by atoms with Gasteiger partial charge in [0, 0.05) is 6.92 Å². The largest absolute Gasteiger partial charge is 0.466 e. The zero-order valence-electron chi connectivity index (χ0n) is 16.6. The molecular formula is C24H36O2. The maximum atomic E-state index is 10.6. The van der Waals surface area contributed by atoms with E-state index in [1.807, 2.05) is 0 Å². The summed E-state index contributed by atoms with van der Waals surface area (Å²) in [6, 6.07) is 0. The number of esters is 1. The highest BCUT2D eigenvalue weighted by Crippen LogP contribution is 1.98. The predicted molar refractivity (Wildman–Crippen MR) is 114 cm³/mol. The normalized spacial score (nSPS) is 12.8. The molecule has 0 unspecified atom stereocenters. The topological polar surface area (TPSA) is 26.3 Å². The highest BCUT2D eigenvalue weighted by Gasteiger charge is 1.89. The van der Waals surface area contributed by atoms with Gasteiger partial charge in [0.25, 0.3) is 0 Å². The third kappa shape index (κ3) is 21.9. The summed E-state index contributed by atoms with van der Waals surface area (Å²) in [4.78, 5) is 10.6. The lowest BCUT2D eigenvalue weighted by atomic mass is 10.2. The lowest BCUT2D eigenvalue weighted by molar-refractivity contribution is -0.141. The van der Waals surface area contributed by atoms with Crippen LogP contribution < -0.4 is 0 Å². The van der Waals surface area contributed by atoms with E-state index in [2.05, 4.69) is 79.8 Å². The van der Waals surface area contributed by atoms with E-state index in [1.165, 1.54) is 6.92 Å². The van der Waals surface area contributed by atoms with Gasteiger partial charge in [-0.1, -0.05) is 79.8 Å². The third-order valence-electron chi connectivity index (χ3n) is 3.42. The molecule has 0 aromatic heterocycles. The van der Waals surface area contributed by atoms with E-state index in [1.54, 1.807) is 0 Å². The lowest BCUT2D eigenvalue weighted by Crippen LogP contribution is -1.99. The molecule has 0 aliphatic rings. The van der Waals surface area contributed by atoms with Gasteiger partial charge in [-0.05, 0) is 51.4 Å². The van der Waals surface area contributed by atoms with Crippen LogP contribution in [0.15, 0.2) is 72.9 Å². The molecule has 0 rings (SSSR count). The average molecular weight is 357 g/mol. The standard InChI is InChI=1S/C24H36O2/c1-3-4-5-6-7-8-9-10-11-12-13-14-15-16-17-18-19-20-21-22-23-26-24(2)25/h4-5,7-8,10-11,13-14,16-17,19-20H,3,6,9,12,15,18,21-23H2,1-2H3/b5-4-,8-7-,11-10-,14-13-,17-16-,20-19-. The number of carbonyl (C=O) groups is 1. The van der Waals surface area contributed by atoms with E-state index in [0.29, 0.717) is 6.61 Å². The van der Waals surface area contributed by atoms with Crippen molar-refractivity contribution in [3.63, 3.8) is 0 Å². The van der Waals surface area contributed by atoms with Gasteiger partial charge in [0.1, 0.15) is 0 Å². The van der Waals surface area contributed by atoms with Crippen molar-refractivity contribution in [2.75, 3.05) is 6.61 Å². The zero-order valence-corrected chi connectivity index (χ0v) is 16.6. The van der Waals surface area contributed by atoms with E-state index < -0.39 is 0 Å². The summed E-state index contributed by atoms with van der Waals surface area (Å²) in [6.45, 7) is 4.11. The van der Waals surface area contributed by atoms with Crippen molar-refractivity contribution >= 4 is 5.97 Å². The first-order valence-corrected chi connectivity index (χ1v) is 9.80. The number of ether oxygens (including phenoxy) is 1. The van der Waals surface area contributed by atoms with Crippen LogP contribution in [0.4, 0.5) is 0 Å². The fraction of sp³-hybridized carbons (Fsp3) is 0.458. The van der Waals surface area contributed by atoms with E-state index in [4.69, 9.17) is 4.74 Å². The average Bonchev–Trinajstić information content (AvgIpc) is 2.62. The van der Waals surface area contributed by atoms with Crippen LogP contribution in [-0.4, -0.2) is 12.6 Å². The summed E-state index contributed by atoms with van der Waals surface area (Å²) < 4.78 is 4.87. The summed E-state index contributed by atoms with van der Waals surface area (Å²) in [7, 11) is 0. The Labute approximate surface area is 160 Å². The van der Waals surface area contributed by atoms with Crippen molar-refractivity contribution in [3.8, 4) is 0 Å². The second-order valence-corrected chi connectivity index (χ2v) is 5.90. The van der Waals surface area contributed by atoms with Crippen LogP contribution in [0.25, 0.3) is 0 Å². The molecule has 0 aromatic carbocycles. The van der Waals surface area contributed by atoms with E-state index in [-0.39, 0.29) is 5.97 Å². The Kier molecular flexibility index (Phi) is 19.3. The molecule has 2 heteroatoms. The molecule has 0 saturated carbocycles. The molecular weight excluding hydrogens is 320 g/mol. The molecule has 0 saturated heterocycles. The quantitative estimate of drug-likeness (QED) is 0.179. The van der Waals surface area contributed by atoms with E-state index in [9.17, 15) is 4.79 Å². The molecule has 0 N–H and O–H groups in total. The van der Waals surface area contributed by atoms with Gasteiger partial charge in [0.15, 0.2) is 0 Å². The van der Waals surface area contributed by atoms with Crippen molar-refractivity contribution in [1.82, 2.24) is 0 Å². The van der Waals surface area contributed by atoms with Gasteiger partial charge >= 0.3 is 5.97 Å². The minimum absolute atomic E-state index is 0.201. The zero-order chi connectivity index (χ0) is 19.1. The summed E-state index contributed by atoms with van der Waals surface area (Å²) in [5, 5.41) is 0. The SMILES string of the molecule is CC/C=C\C/C=C\C/C=C\C/C=C\C/C=C\C/C=C\CCCOC(C)=O. The van der Waals surface area contributed by atoms with Gasteiger partial charge in [-0.2, -0.15) is 0 Å². The minimum Gasteiger partial charge on any atom is -0.466 e. The number of unbranched alkanes of at least 4 members (excludes halogenated alkanes) is 1. The van der Waals surface area contributed by atoms with Gasteiger partial charge in [-0.3, -0.25) is 4.79 Å². The second-order valence-electron chi connectivity index (χ2n) is 5.90. The highest BCUT2D eigenvalue weighted by atomic mass is 16.5. The van der Waals surface area contributed by atoms with Gasteiger partial charge in [0.05, 0.1) is 6.61 Å². The molecule has 0 atom stereocenters. The molecule has 0 radical (unpaired) electrons. The summed E-state index contributed by atoms with van der Waals surface area (Å²) in [5.74, 6) is -0.201. The first-order chi connectivity index (χ1) is 12.8. The smallest absolute Gasteiger partial charge is 0.302 e. The van der Waals surface area contributed by atoms with Crippen molar-refractivity contribution in [2.45, 2.75) is 65.2 Å². The van der Waals surface area contributed by atoms with Crippen LogP contribution in [0.3, 0.4) is 0 Å². The minimum atomic E-state index is -0.201. The first kappa shape index (κ1) is 23.9. The molecule has 0 bridgehead atoms. The summed E-state index contributed by atoms with van der Waals surface area (Å²) in [6.07, 6.45) is 34.3. The van der Waals surface area contributed by atoms with Crippen LogP contribution >= 0.6 is 0 Å². The van der Waals surface area contributed by atoms with Crippen molar-refractivity contribution < 1.29 is 9.53 Å². The molecule has 2 nitrogen and oxygen atoms in total. The predicted octanol–water partition coefficient (Wildman–Crippen LogP) is 7.03. The van der Waals surface area contributed by atoms with E-state index >= 15 is 0 Å². The second kappa shape index (κ2) is 21.0. The molecule has 144 valence electrons. The fourth-order valence-electron chi connectivity index (χ4n) is 2.06. The number of rotatable bonds is 15. The molecule has 0 heterocycles. The lowest BCUT2D eigenvalue weighted by Gasteiger charge is -1.97. The summed E-state index contributed by atoms with van der Waals surface area (Å²) in [5.41, 5.74) is 0. The maximum absolute atomic E-state index is 10.6. The van der Waals surface area contributed by atoms with Crippen molar-refractivity contribution in [3.05, 3.63) is 72.9 Å². The van der Waals surface area contributed by atoms with Crippen molar-refractivity contribution in [2.24, 2.45) is 0 Å². The highest BCUT2D eigenvalue weighted by molar-refractivity contribution is 5.65. The molecule has 0 spiro atoms. The van der Waals surface area contributed by atoms with Crippen molar-refractivity contribution in [1.29, 1.82) is 0 Å². The van der Waals surface area contributed by atoms with Crippen LogP contribution in [-0.2, 0) is 9.53 Å². The maximum Gasteiger partial charge on any atom is 0.302 e. The van der Waals surface area contributed by atoms with Gasteiger partial charge in [-0.25, -0.2) is 0 Å². The number of hydrogen-bond donors (Lipinski definition) is 0. The Morgan fingerprint density at radius 3 is 1.42 bits per heavy atom. The van der Waals surface area contributed by atoms with Gasteiger partial charge < -0.3 is 4.74 Å². The third-order valence-corrected chi connectivity index (χ3v) is 3.42. The molecule has 26 heavy (non-hydrogen) atoms. The molecule has 0 amide bonds. The first-order valence-electron chi connectivity index (χ1n) is 9.80. The Balaban J connectivity index is 3.48. The van der Waals surface area contributed by atoms with E-state index in [0.717, 1.165) is 51.4 Å². The molecule has 0 aliphatic heterocycles. The Morgan fingerprint density at radius 2 is 1.04 bits per heavy atom. The number of carbonyl (C=O) groups excluding carboxylic acids is 1. The molecule has 0 aromatic rings. The van der Waals surface area contributed by atoms with Gasteiger partial charge in [0.2, 0.25) is 0 Å². The fourth-order valence-corrected chi connectivity index (χ4v) is 2.06. The molecule has 0 fully saturated rings. The van der Waals surface area contributed by atoms with Crippen LogP contribution in [0.1, 0.15) is 65.2 Å². The number of hydrogen-bond acceptors (Lipinski definition) is 2. The Hall–Kier alpha value is -2.09.